The van der Waals surface area contributed by atoms with Gasteiger partial charge in [0, 0.05) is 12.1 Å². The monoisotopic (exact) mass is 503 g/mol. The Morgan fingerprint density at radius 2 is 1.53 bits per heavy atom. The summed E-state index contributed by atoms with van der Waals surface area (Å²) in [6.07, 6.45) is 0. The Morgan fingerprint density at radius 1 is 0.861 bits per heavy atom. The van der Waals surface area contributed by atoms with Crippen molar-refractivity contribution >= 4 is 29.1 Å². The van der Waals surface area contributed by atoms with E-state index in [1.54, 1.807) is 21.0 Å². The molecule has 0 aliphatic carbocycles. The van der Waals surface area contributed by atoms with E-state index in [1.807, 2.05) is 36.4 Å². The topological polar surface area (TPSA) is 58.6 Å². The molecular weight excluding hydrogens is 470 g/mol. The number of ether oxygens (including phenoxy) is 1. The van der Waals surface area contributed by atoms with Crippen molar-refractivity contribution < 1.29 is 14.6 Å². The molecule has 0 aliphatic heterocycles. The van der Waals surface area contributed by atoms with E-state index in [-0.39, 0.29) is 24.5 Å². The largest absolute Gasteiger partial charge is 0.497 e. The van der Waals surface area contributed by atoms with Crippen LogP contribution < -0.4 is 10.1 Å². The van der Waals surface area contributed by atoms with Crippen LogP contribution in [0.4, 0.5) is 0 Å². The zero-order chi connectivity index (χ0) is 25.2. The van der Waals surface area contributed by atoms with Crippen LogP contribution in [0.15, 0.2) is 84.9 Å². The molecule has 2 N–H and O–H groups in total. The molecule has 0 aromatic heterocycles. The van der Waals surface area contributed by atoms with Crippen LogP contribution in [0.1, 0.15) is 56.5 Å². The van der Waals surface area contributed by atoms with Crippen molar-refractivity contribution in [1.29, 1.82) is 0 Å². The van der Waals surface area contributed by atoms with Crippen molar-refractivity contribution in [3.63, 3.8) is 0 Å². The van der Waals surface area contributed by atoms with Gasteiger partial charge in [-0.05, 0) is 90.6 Å². The van der Waals surface area contributed by atoms with Gasteiger partial charge in [0.2, 0.25) is 0 Å². The number of carboxylic acids is 1. The molecule has 0 saturated carbocycles. The molecule has 4 aromatic rings. The molecule has 0 radical (unpaired) electrons. The molecule has 0 heterocycles. The first-order valence-electron chi connectivity index (χ1n) is 12.0. The van der Waals surface area contributed by atoms with Gasteiger partial charge in [0.05, 0.1) is 12.5 Å². The van der Waals surface area contributed by atoms with Crippen LogP contribution in [0.3, 0.4) is 0 Å². The van der Waals surface area contributed by atoms with Crippen molar-refractivity contribution in [1.82, 2.24) is 5.32 Å². The Labute approximate surface area is 219 Å². The summed E-state index contributed by atoms with van der Waals surface area (Å²) in [7, 11) is 1.69. The molecule has 2 atom stereocenters. The Balaban J connectivity index is 0.00000361. The van der Waals surface area contributed by atoms with Crippen molar-refractivity contribution in [2.45, 2.75) is 45.2 Å². The molecule has 0 spiro atoms. The molecule has 0 fully saturated rings. The maximum absolute atomic E-state index is 11.7. The molecule has 4 rings (SSSR count). The van der Waals surface area contributed by atoms with Crippen LogP contribution >= 0.6 is 12.4 Å². The molecule has 0 aliphatic rings. The summed E-state index contributed by atoms with van der Waals surface area (Å²) in [4.78, 5) is 11.7. The normalized spacial score (nSPS) is 13.0. The van der Waals surface area contributed by atoms with Gasteiger partial charge in [0.25, 0.3) is 0 Å². The van der Waals surface area contributed by atoms with E-state index in [9.17, 15) is 9.90 Å². The molecule has 36 heavy (non-hydrogen) atoms. The lowest BCUT2D eigenvalue weighted by molar-refractivity contribution is -0.142. The predicted molar refractivity (Wildman–Crippen MR) is 150 cm³/mol. The molecule has 188 valence electrons. The van der Waals surface area contributed by atoms with E-state index < -0.39 is 11.4 Å². The number of methoxy groups -OCH3 is 1. The number of hydrogen-bond donors (Lipinski definition) is 2. The second-order valence-corrected chi connectivity index (χ2v) is 9.68. The van der Waals surface area contributed by atoms with E-state index in [1.165, 1.54) is 21.9 Å². The van der Waals surface area contributed by atoms with Gasteiger partial charge in [0.1, 0.15) is 5.75 Å². The van der Waals surface area contributed by atoms with E-state index >= 15 is 0 Å². The highest BCUT2D eigenvalue weighted by atomic mass is 35.5. The summed E-state index contributed by atoms with van der Waals surface area (Å²) in [5.41, 5.74) is 4.44. The van der Waals surface area contributed by atoms with Crippen molar-refractivity contribution in [3.05, 3.63) is 102 Å². The number of aliphatic carboxylic acids is 1. The van der Waals surface area contributed by atoms with Crippen molar-refractivity contribution in [3.8, 4) is 16.9 Å². The van der Waals surface area contributed by atoms with Gasteiger partial charge in [-0.3, -0.25) is 4.79 Å². The smallest absolute Gasteiger partial charge is 0.313 e. The van der Waals surface area contributed by atoms with Gasteiger partial charge in [-0.25, -0.2) is 0 Å². The maximum atomic E-state index is 11.7. The summed E-state index contributed by atoms with van der Waals surface area (Å²) in [5.74, 6) is 0.0223. The van der Waals surface area contributed by atoms with E-state index in [4.69, 9.17) is 4.74 Å². The Kier molecular flexibility index (Phi) is 8.44. The number of halogens is 1. The minimum absolute atomic E-state index is 0. The third-order valence-corrected chi connectivity index (χ3v) is 6.93. The Hall–Kier alpha value is -3.34. The number of benzene rings is 4. The Bertz CT molecular complexity index is 1350. The van der Waals surface area contributed by atoms with Crippen LogP contribution in [0.25, 0.3) is 21.9 Å². The predicted octanol–water partition coefficient (Wildman–Crippen LogP) is 7.71. The molecule has 5 heteroatoms. The second kappa shape index (κ2) is 11.2. The first kappa shape index (κ1) is 27.3. The summed E-state index contributed by atoms with van der Waals surface area (Å²) < 4.78 is 5.39. The number of carboxylic acid groups (broad SMARTS) is 1. The van der Waals surface area contributed by atoms with Gasteiger partial charge in [-0.2, -0.15) is 0 Å². The number of fused-ring (bicyclic) bond motifs is 1. The summed E-state index contributed by atoms with van der Waals surface area (Å²) in [6, 6.07) is 29.2. The standard InChI is InChI=1S/C31H33NO3.ClH/c1-20(23-10-8-11-27(18-23)35-5)32-21(2)25-17-24-9-6-7-12-28(24)29(19-25)22-13-15-26(16-14-22)31(3,4)30(33)34;/h6-21,32H,1-5H3,(H,33,34);1H/t20-,21?;/m1./s1. The molecule has 4 aromatic carbocycles. The molecular formula is C31H34ClNO3. The fourth-order valence-corrected chi connectivity index (χ4v) is 4.49. The lowest BCUT2D eigenvalue weighted by atomic mass is 9.83. The average Bonchev–Trinajstić information content (AvgIpc) is 2.88. The number of hydrogen-bond acceptors (Lipinski definition) is 3. The molecule has 0 bridgehead atoms. The third kappa shape index (κ3) is 5.56. The van der Waals surface area contributed by atoms with E-state index in [0.717, 1.165) is 22.4 Å². The summed E-state index contributed by atoms with van der Waals surface area (Å²) in [5, 5.41) is 15.7. The number of carbonyl (C=O) groups is 1. The Morgan fingerprint density at radius 3 is 2.19 bits per heavy atom. The summed E-state index contributed by atoms with van der Waals surface area (Å²) >= 11 is 0. The highest BCUT2D eigenvalue weighted by molar-refractivity contribution is 5.97. The van der Waals surface area contributed by atoms with E-state index in [2.05, 4.69) is 67.7 Å². The lowest BCUT2D eigenvalue weighted by Crippen LogP contribution is -2.28. The van der Waals surface area contributed by atoms with Crippen LogP contribution in [0, 0.1) is 0 Å². The molecule has 0 amide bonds. The summed E-state index contributed by atoms with van der Waals surface area (Å²) in [6.45, 7) is 7.81. The highest BCUT2D eigenvalue weighted by Gasteiger charge is 2.29. The third-order valence-electron chi connectivity index (χ3n) is 6.93. The van der Waals surface area contributed by atoms with Crippen molar-refractivity contribution in [2.24, 2.45) is 0 Å². The quantitative estimate of drug-likeness (QED) is 0.258. The maximum Gasteiger partial charge on any atom is 0.313 e. The second-order valence-electron chi connectivity index (χ2n) is 9.68. The van der Waals surface area contributed by atoms with Gasteiger partial charge >= 0.3 is 5.97 Å². The van der Waals surface area contributed by atoms with Gasteiger partial charge in [0.15, 0.2) is 0 Å². The number of rotatable bonds is 8. The fraction of sp³-hybridized carbons (Fsp3) is 0.258. The minimum atomic E-state index is -0.933. The molecule has 4 nitrogen and oxygen atoms in total. The lowest BCUT2D eigenvalue weighted by Gasteiger charge is -2.23. The van der Waals surface area contributed by atoms with E-state index in [0.29, 0.717) is 0 Å². The first-order valence-corrected chi connectivity index (χ1v) is 12.0. The SMILES string of the molecule is COc1cccc([C@@H](C)NC(C)c2cc(-c3ccc(C(C)(C)C(=O)O)cc3)c3ccccc3c2)c1.Cl. The zero-order valence-electron chi connectivity index (χ0n) is 21.4. The van der Waals surface area contributed by atoms with Crippen LogP contribution in [0.2, 0.25) is 0 Å². The highest BCUT2D eigenvalue weighted by Crippen LogP contribution is 2.34. The van der Waals surface area contributed by atoms with Crippen LogP contribution in [-0.2, 0) is 10.2 Å². The molecule has 0 saturated heterocycles. The van der Waals surface area contributed by atoms with Crippen LogP contribution in [0.5, 0.6) is 5.75 Å². The van der Waals surface area contributed by atoms with Gasteiger partial charge < -0.3 is 15.2 Å². The molecule has 1 unspecified atom stereocenters. The average molecular weight is 504 g/mol. The first-order chi connectivity index (χ1) is 16.7. The van der Waals surface area contributed by atoms with Crippen molar-refractivity contribution in [2.75, 3.05) is 7.11 Å². The fourth-order valence-electron chi connectivity index (χ4n) is 4.49. The number of nitrogens with one attached hydrogen (secondary N) is 1. The van der Waals surface area contributed by atoms with Gasteiger partial charge in [-0.15, -0.1) is 12.4 Å². The zero-order valence-corrected chi connectivity index (χ0v) is 22.2. The minimum Gasteiger partial charge on any atom is -0.497 e. The van der Waals surface area contributed by atoms with Gasteiger partial charge in [-0.1, -0.05) is 60.7 Å². The van der Waals surface area contributed by atoms with Crippen LogP contribution in [-0.4, -0.2) is 18.2 Å².